The third-order valence-electron chi connectivity index (χ3n) is 12.7. The number of nitrogens with one attached hydrogen (secondary N) is 1. The van der Waals surface area contributed by atoms with Crippen LogP contribution in [0.3, 0.4) is 0 Å². The Kier molecular flexibility index (Phi) is 19.0. The molecule has 1 saturated heterocycles. The second kappa shape index (κ2) is 24.4. The number of carboxylic acids is 1. The number of ketones is 1. The zero-order valence-electron chi connectivity index (χ0n) is 38.2. The molecule has 11 nitrogen and oxygen atoms in total. The molecule has 12 heteroatoms. The number of aromatic nitrogens is 1. The summed E-state index contributed by atoms with van der Waals surface area (Å²) in [5.41, 5.74) is 4.33. The van der Waals surface area contributed by atoms with Gasteiger partial charge in [0.2, 0.25) is 5.91 Å². The summed E-state index contributed by atoms with van der Waals surface area (Å²) in [4.78, 5) is 63.9. The lowest BCUT2D eigenvalue weighted by Gasteiger charge is -2.40. The highest BCUT2D eigenvalue weighted by Gasteiger charge is 2.39. The number of methoxy groups -OCH3 is 1. The van der Waals surface area contributed by atoms with Crippen molar-refractivity contribution in [1.82, 2.24) is 20.1 Å². The molecule has 0 saturated carbocycles. The predicted molar refractivity (Wildman–Crippen MR) is 249 cm³/mol. The number of nitrogens with zero attached hydrogens (tertiary/aromatic N) is 3. The summed E-state index contributed by atoms with van der Waals surface area (Å²) >= 11 is 1.30. The largest absolute Gasteiger partial charge is 0.481 e. The van der Waals surface area contributed by atoms with Gasteiger partial charge in [0.15, 0.2) is 5.78 Å². The molecule has 7 atom stereocenters. The summed E-state index contributed by atoms with van der Waals surface area (Å²) in [6.45, 7) is 11.2. The van der Waals surface area contributed by atoms with Crippen LogP contribution < -0.4 is 5.32 Å². The van der Waals surface area contributed by atoms with E-state index in [9.17, 15) is 19.5 Å². The molecular weight excluding hydrogens is 813 g/mol. The van der Waals surface area contributed by atoms with Crippen LogP contribution in [0.2, 0.25) is 0 Å². The Morgan fingerprint density at radius 1 is 0.905 bits per heavy atom. The lowest BCUT2D eigenvalue weighted by molar-refractivity contribution is -0.146. The zero-order chi connectivity index (χ0) is 45.5. The molecule has 1 fully saturated rings. The molecule has 2 heterocycles. The summed E-state index contributed by atoms with van der Waals surface area (Å²) in [6.07, 6.45) is 4.28. The van der Waals surface area contributed by atoms with Gasteiger partial charge in [0.25, 0.3) is 5.91 Å². The number of hydrogen-bond acceptors (Lipinski definition) is 9. The van der Waals surface area contributed by atoms with E-state index in [-0.39, 0.29) is 60.9 Å². The molecule has 2 amide bonds. The molecule has 2 N–H and O–H groups in total. The molecule has 1 aliphatic rings. The van der Waals surface area contributed by atoms with Crippen LogP contribution in [0.25, 0.3) is 11.1 Å². The van der Waals surface area contributed by atoms with Crippen molar-refractivity contribution in [2.24, 2.45) is 23.7 Å². The van der Waals surface area contributed by atoms with Crippen LogP contribution in [-0.2, 0) is 36.8 Å². The summed E-state index contributed by atoms with van der Waals surface area (Å²) < 4.78 is 11.7. The minimum absolute atomic E-state index is 0.00876. The van der Waals surface area contributed by atoms with Gasteiger partial charge in [0, 0.05) is 49.9 Å². The number of carboxylic acid groups (broad SMARTS) is 1. The van der Waals surface area contributed by atoms with E-state index in [2.05, 4.69) is 37.9 Å². The van der Waals surface area contributed by atoms with Gasteiger partial charge in [-0.25, -0.2) is 4.98 Å². The number of benzene rings is 3. The number of carbonyl (C=O) groups is 4. The van der Waals surface area contributed by atoms with Crippen LogP contribution >= 0.6 is 11.3 Å². The third kappa shape index (κ3) is 14.1. The van der Waals surface area contributed by atoms with E-state index < -0.39 is 35.9 Å². The highest BCUT2D eigenvalue weighted by Crippen LogP contribution is 2.34. The molecule has 1 aliphatic heterocycles. The van der Waals surface area contributed by atoms with Crippen molar-refractivity contribution in [3.63, 3.8) is 0 Å². The quantitative estimate of drug-likeness (QED) is 0.0660. The van der Waals surface area contributed by atoms with Gasteiger partial charge in [-0.3, -0.25) is 24.1 Å². The summed E-state index contributed by atoms with van der Waals surface area (Å²) in [6, 6.07) is 27.1. The number of aliphatic carboxylic acids is 1. The maximum Gasteiger partial charge on any atom is 0.306 e. The van der Waals surface area contributed by atoms with Crippen LogP contribution in [0.5, 0.6) is 0 Å². The number of piperidine rings is 1. The van der Waals surface area contributed by atoms with Crippen molar-refractivity contribution in [3.8, 4) is 11.1 Å². The highest BCUT2D eigenvalue weighted by molar-refractivity contribution is 7.09. The van der Waals surface area contributed by atoms with E-state index >= 15 is 4.79 Å². The number of hydrogen-bond donors (Lipinski definition) is 2. The van der Waals surface area contributed by atoms with E-state index in [1.165, 1.54) is 11.3 Å². The fourth-order valence-electron chi connectivity index (χ4n) is 8.64. The minimum atomic E-state index is -0.929. The minimum Gasteiger partial charge on any atom is -0.481 e. The Morgan fingerprint density at radius 3 is 2.19 bits per heavy atom. The molecule has 0 radical (unpaired) electrons. The number of rotatable bonds is 24. The van der Waals surface area contributed by atoms with E-state index in [4.69, 9.17) is 14.5 Å². The average molecular weight is 881 g/mol. The van der Waals surface area contributed by atoms with Crippen molar-refractivity contribution < 1.29 is 33.8 Å². The molecule has 5 rings (SSSR count). The number of carbonyl (C=O) groups excluding carboxylic acids is 3. The number of amides is 2. The third-order valence-corrected chi connectivity index (χ3v) is 13.6. The maximum absolute atomic E-state index is 15.1. The highest BCUT2D eigenvalue weighted by atomic mass is 32.1. The maximum atomic E-state index is 15.1. The molecule has 7 unspecified atom stereocenters. The van der Waals surface area contributed by atoms with Gasteiger partial charge in [0.1, 0.15) is 23.6 Å². The molecular formula is C51H68N4O7S. The molecule has 4 aromatic rings. The molecule has 3 aromatic carbocycles. The normalized spacial score (nSPS) is 17.3. The number of ether oxygens (including phenoxy) is 2. The van der Waals surface area contributed by atoms with E-state index in [1.807, 2.05) is 96.9 Å². The summed E-state index contributed by atoms with van der Waals surface area (Å²) in [5, 5.41) is 15.2. The van der Waals surface area contributed by atoms with Crippen LogP contribution in [0.1, 0.15) is 112 Å². The topological polar surface area (TPSA) is 138 Å². The first-order valence-electron chi connectivity index (χ1n) is 22.6. The van der Waals surface area contributed by atoms with E-state index in [0.29, 0.717) is 24.4 Å². The van der Waals surface area contributed by atoms with Gasteiger partial charge < -0.3 is 24.8 Å². The van der Waals surface area contributed by atoms with Crippen molar-refractivity contribution in [3.05, 3.63) is 112 Å². The van der Waals surface area contributed by atoms with Gasteiger partial charge >= 0.3 is 5.97 Å². The lowest BCUT2D eigenvalue weighted by Crippen LogP contribution is -2.49. The van der Waals surface area contributed by atoms with Gasteiger partial charge in [-0.1, -0.05) is 132 Å². The fraction of sp³-hybridized carbons (Fsp3) is 0.510. The smallest absolute Gasteiger partial charge is 0.306 e. The Hall–Kier alpha value is -4.75. The second-order valence-corrected chi connectivity index (χ2v) is 18.6. The molecule has 63 heavy (non-hydrogen) atoms. The second-order valence-electron chi connectivity index (χ2n) is 17.7. The average Bonchev–Trinajstić information content (AvgIpc) is 3.79. The van der Waals surface area contributed by atoms with Gasteiger partial charge in [-0.15, -0.1) is 11.3 Å². The van der Waals surface area contributed by atoms with E-state index in [0.717, 1.165) is 54.5 Å². The number of likely N-dealkylation sites (N-methyl/N-ethyl adjacent to an activating group) is 1. The predicted octanol–water partition coefficient (Wildman–Crippen LogP) is 9.47. The van der Waals surface area contributed by atoms with Crippen LogP contribution in [0.4, 0.5) is 0 Å². The Labute approximate surface area is 378 Å². The standard InChI is InChI=1S/C51H68N4O7S/c1-8-35(4)42(29-46(56)44-21-15-16-26-54(44)6)50(58)55(31-38-17-11-9-12-18-38)45(34(2)3)30-47(62-33-61-7)49-53-43(32-63-49)48(57)52-41(27-36(5)51(59)60)28-37-22-24-40(25-23-37)39-19-13-10-14-20-39/h9-14,17-20,22-25,32,34-36,41-42,44-45,47H,8,15-16,21,26-31,33H2,1-7H3,(H,52,57)(H,59,60). The van der Waals surface area contributed by atoms with Crippen molar-refractivity contribution in [1.29, 1.82) is 0 Å². The molecule has 0 bridgehead atoms. The molecule has 0 spiro atoms. The number of likely N-dealkylation sites (tertiary alicyclic amines) is 1. The first-order valence-corrected chi connectivity index (χ1v) is 23.5. The monoisotopic (exact) mass is 880 g/mol. The van der Waals surface area contributed by atoms with E-state index in [1.54, 1.807) is 19.4 Å². The lowest BCUT2D eigenvalue weighted by atomic mass is 9.82. The summed E-state index contributed by atoms with van der Waals surface area (Å²) in [5.74, 6) is -2.44. The Balaban J connectivity index is 1.39. The first kappa shape index (κ1) is 49.3. The van der Waals surface area contributed by atoms with Gasteiger partial charge in [0.05, 0.1) is 12.0 Å². The fourth-order valence-corrected chi connectivity index (χ4v) is 9.50. The number of Topliss-reactive ketones (excluding diaryl/α,β-unsaturated/α-hetero) is 1. The van der Waals surface area contributed by atoms with Crippen LogP contribution in [-0.4, -0.2) is 89.1 Å². The van der Waals surface area contributed by atoms with Crippen molar-refractivity contribution in [2.75, 3.05) is 27.5 Å². The first-order chi connectivity index (χ1) is 30.3. The molecule has 0 aliphatic carbocycles. The summed E-state index contributed by atoms with van der Waals surface area (Å²) in [7, 11) is 3.56. The number of thiazole rings is 1. The SMILES string of the molecule is CCC(C)C(CC(=O)C1CCCCN1C)C(=O)N(Cc1ccccc1)C(CC(OCOC)c1nc(C(=O)NC(Cc2ccc(-c3ccccc3)cc2)CC(C)C(=O)O)cs1)C(C)C. The van der Waals surface area contributed by atoms with Crippen LogP contribution in [0.15, 0.2) is 90.3 Å². The molecule has 1 aromatic heterocycles. The van der Waals surface area contributed by atoms with Crippen LogP contribution in [0, 0.1) is 23.7 Å². The van der Waals surface area contributed by atoms with Crippen molar-refractivity contribution in [2.45, 2.75) is 117 Å². The molecule has 340 valence electrons. The van der Waals surface area contributed by atoms with Gasteiger partial charge in [-0.2, -0.15) is 0 Å². The van der Waals surface area contributed by atoms with Gasteiger partial charge in [-0.05, 0) is 73.4 Å². The Bertz CT molecular complexity index is 2040. The van der Waals surface area contributed by atoms with Crippen molar-refractivity contribution >= 4 is 34.9 Å². The zero-order valence-corrected chi connectivity index (χ0v) is 39.0. The Morgan fingerprint density at radius 2 is 1.57 bits per heavy atom.